The van der Waals surface area contributed by atoms with Gasteiger partial charge in [-0.05, 0) is 30.2 Å². The monoisotopic (exact) mass is 502 g/mol. The van der Waals surface area contributed by atoms with E-state index >= 15 is 0 Å². The highest BCUT2D eigenvalue weighted by Gasteiger charge is 2.20. The van der Waals surface area contributed by atoms with Crippen LogP contribution in [0.25, 0.3) is 0 Å². The SMILES string of the molecule is CN=C(NCC(C)Cn1cccn1)N1CCN(c2cccc(Cl)c2)CC1.I. The average Bonchev–Trinajstić information content (AvgIpc) is 3.16. The summed E-state index contributed by atoms with van der Waals surface area (Å²) in [4.78, 5) is 9.15. The van der Waals surface area contributed by atoms with E-state index in [1.807, 2.05) is 48.4 Å². The minimum absolute atomic E-state index is 0. The number of benzene rings is 1. The van der Waals surface area contributed by atoms with Gasteiger partial charge >= 0.3 is 0 Å². The lowest BCUT2D eigenvalue weighted by Gasteiger charge is -2.38. The van der Waals surface area contributed by atoms with Crippen molar-refractivity contribution in [3.8, 4) is 0 Å². The van der Waals surface area contributed by atoms with Crippen molar-refractivity contribution in [2.75, 3.05) is 44.7 Å². The second-order valence-electron chi connectivity index (χ2n) is 6.72. The van der Waals surface area contributed by atoms with Crippen LogP contribution in [0.2, 0.25) is 5.02 Å². The quantitative estimate of drug-likeness (QED) is 0.388. The molecule has 1 aliphatic heterocycles. The number of halogens is 2. The molecule has 0 bridgehead atoms. The molecular weight excluding hydrogens is 475 g/mol. The third kappa shape index (κ3) is 6.27. The molecule has 0 radical (unpaired) electrons. The maximum atomic E-state index is 6.11. The van der Waals surface area contributed by atoms with Crippen LogP contribution in [-0.4, -0.2) is 60.4 Å². The number of rotatable bonds is 5. The molecule has 2 aromatic rings. The molecule has 0 saturated carbocycles. The second kappa shape index (κ2) is 10.8. The molecule has 1 fully saturated rings. The average molecular weight is 503 g/mol. The number of guanidine groups is 1. The number of aliphatic imine (C=N–C) groups is 1. The highest BCUT2D eigenvalue weighted by molar-refractivity contribution is 14.0. The Labute approximate surface area is 183 Å². The Balaban J connectivity index is 0.00000261. The fourth-order valence-electron chi connectivity index (χ4n) is 3.24. The van der Waals surface area contributed by atoms with E-state index in [0.29, 0.717) is 5.92 Å². The zero-order valence-corrected chi connectivity index (χ0v) is 19.0. The summed E-state index contributed by atoms with van der Waals surface area (Å²) in [7, 11) is 1.85. The van der Waals surface area contributed by atoms with Gasteiger partial charge in [0.1, 0.15) is 0 Å². The van der Waals surface area contributed by atoms with E-state index in [4.69, 9.17) is 11.6 Å². The van der Waals surface area contributed by atoms with E-state index in [1.54, 1.807) is 0 Å². The molecule has 0 aliphatic carbocycles. The summed E-state index contributed by atoms with van der Waals surface area (Å²) in [6.07, 6.45) is 3.82. The molecule has 1 saturated heterocycles. The predicted octanol–water partition coefficient (Wildman–Crippen LogP) is 3.19. The highest BCUT2D eigenvalue weighted by Crippen LogP contribution is 2.20. The van der Waals surface area contributed by atoms with Gasteiger partial charge in [0, 0.05) is 69.4 Å². The van der Waals surface area contributed by atoms with Crippen molar-refractivity contribution >= 4 is 47.2 Å². The third-order valence-electron chi connectivity index (χ3n) is 4.63. The molecule has 1 N–H and O–H groups in total. The van der Waals surface area contributed by atoms with Gasteiger partial charge in [0.2, 0.25) is 0 Å². The topological polar surface area (TPSA) is 48.7 Å². The third-order valence-corrected chi connectivity index (χ3v) is 4.87. The number of aromatic nitrogens is 2. The lowest BCUT2D eigenvalue weighted by Crippen LogP contribution is -2.53. The fraction of sp³-hybridized carbons (Fsp3) is 0.474. The Kier molecular flexibility index (Phi) is 8.69. The van der Waals surface area contributed by atoms with Crippen LogP contribution in [0.1, 0.15) is 6.92 Å². The summed E-state index contributed by atoms with van der Waals surface area (Å²) in [5.74, 6) is 1.45. The molecule has 0 amide bonds. The maximum absolute atomic E-state index is 6.11. The number of piperazine rings is 1. The van der Waals surface area contributed by atoms with Gasteiger partial charge in [-0.3, -0.25) is 9.67 Å². The number of anilines is 1. The van der Waals surface area contributed by atoms with E-state index in [-0.39, 0.29) is 24.0 Å². The first-order valence-corrected chi connectivity index (χ1v) is 9.47. The second-order valence-corrected chi connectivity index (χ2v) is 7.15. The van der Waals surface area contributed by atoms with Crippen LogP contribution in [-0.2, 0) is 6.54 Å². The molecule has 3 rings (SSSR count). The molecule has 2 heterocycles. The number of hydrogen-bond acceptors (Lipinski definition) is 3. The van der Waals surface area contributed by atoms with Crippen molar-refractivity contribution in [2.45, 2.75) is 13.5 Å². The number of hydrogen-bond donors (Lipinski definition) is 1. The van der Waals surface area contributed by atoms with Crippen molar-refractivity contribution in [3.63, 3.8) is 0 Å². The van der Waals surface area contributed by atoms with Gasteiger partial charge in [-0.15, -0.1) is 24.0 Å². The lowest BCUT2D eigenvalue weighted by molar-refractivity contribution is 0.364. The molecule has 148 valence electrons. The van der Waals surface area contributed by atoms with E-state index < -0.39 is 0 Å². The van der Waals surface area contributed by atoms with E-state index in [1.165, 1.54) is 5.69 Å². The van der Waals surface area contributed by atoms with E-state index in [2.05, 4.69) is 38.2 Å². The Bertz CT molecular complexity index is 713. The summed E-state index contributed by atoms with van der Waals surface area (Å²) in [5, 5.41) is 8.57. The molecule has 1 aromatic carbocycles. The lowest BCUT2D eigenvalue weighted by atomic mass is 10.2. The minimum Gasteiger partial charge on any atom is -0.368 e. The molecule has 1 atom stereocenters. The van der Waals surface area contributed by atoms with Crippen LogP contribution in [0.5, 0.6) is 0 Å². The van der Waals surface area contributed by atoms with Crippen LogP contribution < -0.4 is 10.2 Å². The van der Waals surface area contributed by atoms with Crippen molar-refractivity contribution in [3.05, 3.63) is 47.7 Å². The summed E-state index contributed by atoms with van der Waals surface area (Å²) in [6, 6.07) is 10.0. The molecule has 6 nitrogen and oxygen atoms in total. The smallest absolute Gasteiger partial charge is 0.193 e. The van der Waals surface area contributed by atoms with Crippen molar-refractivity contribution in [1.82, 2.24) is 20.0 Å². The molecule has 1 aromatic heterocycles. The van der Waals surface area contributed by atoms with Crippen LogP contribution in [0.15, 0.2) is 47.7 Å². The summed E-state index contributed by atoms with van der Waals surface area (Å²) < 4.78 is 1.97. The molecule has 27 heavy (non-hydrogen) atoms. The van der Waals surface area contributed by atoms with Gasteiger partial charge in [-0.25, -0.2) is 0 Å². The van der Waals surface area contributed by atoms with E-state index in [0.717, 1.165) is 50.3 Å². The molecule has 0 spiro atoms. The first-order valence-electron chi connectivity index (χ1n) is 9.09. The van der Waals surface area contributed by atoms with Crippen LogP contribution in [0.3, 0.4) is 0 Å². The summed E-state index contributed by atoms with van der Waals surface area (Å²) in [5.41, 5.74) is 1.19. The molecule has 8 heteroatoms. The van der Waals surface area contributed by atoms with Crippen LogP contribution in [0, 0.1) is 5.92 Å². The molecule has 1 unspecified atom stereocenters. The van der Waals surface area contributed by atoms with Crippen molar-refractivity contribution in [2.24, 2.45) is 10.9 Å². The first-order chi connectivity index (χ1) is 12.7. The van der Waals surface area contributed by atoms with Crippen LogP contribution >= 0.6 is 35.6 Å². The Hall–Kier alpha value is -1.48. The Morgan fingerprint density at radius 2 is 2.04 bits per heavy atom. The van der Waals surface area contributed by atoms with Gasteiger partial charge in [-0.1, -0.05) is 24.6 Å². The van der Waals surface area contributed by atoms with Gasteiger partial charge < -0.3 is 15.1 Å². The largest absolute Gasteiger partial charge is 0.368 e. The number of nitrogens with zero attached hydrogens (tertiary/aromatic N) is 5. The van der Waals surface area contributed by atoms with Crippen LogP contribution in [0.4, 0.5) is 5.69 Å². The Morgan fingerprint density at radius 3 is 2.67 bits per heavy atom. The minimum atomic E-state index is 0. The summed E-state index contributed by atoms with van der Waals surface area (Å²) in [6.45, 7) is 7.81. The normalized spacial score (nSPS) is 16.0. The maximum Gasteiger partial charge on any atom is 0.193 e. The van der Waals surface area contributed by atoms with Gasteiger partial charge in [0.05, 0.1) is 0 Å². The predicted molar refractivity (Wildman–Crippen MR) is 123 cm³/mol. The standard InChI is InChI=1S/C19H27ClN6.HI/c1-16(15-26-8-4-7-23-26)14-22-19(21-2)25-11-9-24(10-12-25)18-6-3-5-17(20)13-18;/h3-8,13,16H,9-12,14-15H2,1-2H3,(H,21,22);1H. The Morgan fingerprint density at radius 1 is 1.26 bits per heavy atom. The van der Waals surface area contributed by atoms with Gasteiger partial charge in [0.25, 0.3) is 0 Å². The summed E-state index contributed by atoms with van der Waals surface area (Å²) >= 11 is 6.11. The fourth-order valence-corrected chi connectivity index (χ4v) is 3.42. The zero-order chi connectivity index (χ0) is 18.4. The molecular formula is C19H28ClIN6. The molecule has 1 aliphatic rings. The van der Waals surface area contributed by atoms with Crippen molar-refractivity contribution < 1.29 is 0 Å². The first kappa shape index (κ1) is 21.8. The highest BCUT2D eigenvalue weighted by atomic mass is 127. The number of nitrogens with one attached hydrogen (secondary N) is 1. The van der Waals surface area contributed by atoms with E-state index in [9.17, 15) is 0 Å². The van der Waals surface area contributed by atoms with Gasteiger partial charge in [0.15, 0.2) is 5.96 Å². The van der Waals surface area contributed by atoms with Gasteiger partial charge in [-0.2, -0.15) is 5.10 Å². The zero-order valence-electron chi connectivity index (χ0n) is 15.9. The van der Waals surface area contributed by atoms with Crippen molar-refractivity contribution in [1.29, 1.82) is 0 Å².